The molecule has 0 radical (unpaired) electrons. The van der Waals surface area contributed by atoms with Crippen LogP contribution in [0.5, 0.6) is 0 Å². The number of aromatic nitrogens is 2. The molecule has 110 valence electrons. The van der Waals surface area contributed by atoms with Crippen LogP contribution in [0.2, 0.25) is 0 Å². The first-order valence-electron chi connectivity index (χ1n) is 7.53. The van der Waals surface area contributed by atoms with Crippen LogP contribution < -0.4 is 5.73 Å². The fraction of sp³-hybridized carbons (Fsp3) is 0.562. The molecule has 0 aliphatic heterocycles. The summed E-state index contributed by atoms with van der Waals surface area (Å²) in [6.07, 6.45) is 2.74. The molecule has 0 amide bonds. The molecule has 0 saturated carbocycles. The number of nitrogens with zero attached hydrogens (tertiary/aromatic N) is 2. The van der Waals surface area contributed by atoms with Crippen LogP contribution in [0, 0.1) is 0 Å². The fourth-order valence-electron chi connectivity index (χ4n) is 2.45. The molecule has 4 heteroatoms. The van der Waals surface area contributed by atoms with E-state index in [1.165, 1.54) is 5.52 Å². The van der Waals surface area contributed by atoms with E-state index >= 15 is 0 Å². The van der Waals surface area contributed by atoms with Crippen LogP contribution in [0.1, 0.15) is 32.5 Å². The fourth-order valence-corrected chi connectivity index (χ4v) is 2.45. The van der Waals surface area contributed by atoms with Crippen molar-refractivity contribution < 1.29 is 4.74 Å². The van der Waals surface area contributed by atoms with Gasteiger partial charge in [-0.2, -0.15) is 0 Å². The Morgan fingerprint density at radius 2 is 2.05 bits per heavy atom. The highest BCUT2D eigenvalue weighted by Crippen LogP contribution is 2.17. The maximum atomic E-state index is 6.20. The highest BCUT2D eigenvalue weighted by atomic mass is 16.5. The minimum Gasteiger partial charge on any atom is -0.381 e. The lowest BCUT2D eigenvalue weighted by atomic mass is 10.1. The Labute approximate surface area is 120 Å². The monoisotopic (exact) mass is 275 g/mol. The molecule has 2 N–H and O–H groups in total. The lowest BCUT2D eigenvalue weighted by molar-refractivity contribution is 0.127. The van der Waals surface area contributed by atoms with Crippen molar-refractivity contribution in [1.29, 1.82) is 0 Å². The summed E-state index contributed by atoms with van der Waals surface area (Å²) in [6, 6.07) is 8.36. The molecule has 0 spiro atoms. The van der Waals surface area contributed by atoms with Gasteiger partial charge in [-0.25, -0.2) is 4.98 Å². The SMILES string of the molecule is CCCOCCC(N)Cc1nc2ccccc2n1CC. The number of ether oxygens (including phenoxy) is 1. The summed E-state index contributed by atoms with van der Waals surface area (Å²) >= 11 is 0. The van der Waals surface area contributed by atoms with Crippen molar-refractivity contribution in [1.82, 2.24) is 9.55 Å². The number of para-hydroxylation sites is 2. The molecule has 20 heavy (non-hydrogen) atoms. The maximum absolute atomic E-state index is 6.20. The van der Waals surface area contributed by atoms with Crippen LogP contribution >= 0.6 is 0 Å². The average molecular weight is 275 g/mol. The molecule has 2 aromatic rings. The summed E-state index contributed by atoms with van der Waals surface area (Å²) < 4.78 is 7.75. The van der Waals surface area contributed by atoms with E-state index in [4.69, 9.17) is 15.5 Å². The number of hydrogen-bond donors (Lipinski definition) is 1. The van der Waals surface area contributed by atoms with Crippen molar-refractivity contribution in [3.63, 3.8) is 0 Å². The standard InChI is InChI=1S/C16H25N3O/c1-3-10-20-11-9-13(17)12-16-18-14-7-5-6-8-15(14)19(16)4-2/h5-8,13H,3-4,9-12,17H2,1-2H3. The zero-order valence-corrected chi connectivity index (χ0v) is 12.5. The van der Waals surface area contributed by atoms with Gasteiger partial charge >= 0.3 is 0 Å². The molecule has 1 unspecified atom stereocenters. The number of nitrogens with two attached hydrogens (primary N) is 1. The molecule has 1 heterocycles. The van der Waals surface area contributed by atoms with Crippen molar-refractivity contribution in [2.45, 2.75) is 45.7 Å². The van der Waals surface area contributed by atoms with E-state index < -0.39 is 0 Å². The summed E-state index contributed by atoms with van der Waals surface area (Å²) in [7, 11) is 0. The van der Waals surface area contributed by atoms with E-state index in [1.807, 2.05) is 6.07 Å². The molecule has 0 aliphatic rings. The molecule has 0 bridgehead atoms. The van der Waals surface area contributed by atoms with Gasteiger partial charge in [0, 0.05) is 32.2 Å². The summed E-state index contributed by atoms with van der Waals surface area (Å²) in [5.41, 5.74) is 8.45. The number of hydrogen-bond acceptors (Lipinski definition) is 3. The lowest BCUT2D eigenvalue weighted by Crippen LogP contribution is -2.26. The number of fused-ring (bicyclic) bond motifs is 1. The smallest absolute Gasteiger partial charge is 0.111 e. The molecule has 0 aliphatic carbocycles. The second-order valence-electron chi connectivity index (χ2n) is 5.13. The molecular formula is C16H25N3O. The molecule has 1 aromatic carbocycles. The Morgan fingerprint density at radius 3 is 2.80 bits per heavy atom. The Hall–Kier alpha value is -1.39. The molecule has 1 aromatic heterocycles. The van der Waals surface area contributed by atoms with Gasteiger partial charge in [0.2, 0.25) is 0 Å². The van der Waals surface area contributed by atoms with Gasteiger partial charge in [0.25, 0.3) is 0 Å². The average Bonchev–Trinajstić information content (AvgIpc) is 2.80. The molecule has 2 rings (SSSR count). The van der Waals surface area contributed by atoms with E-state index in [1.54, 1.807) is 0 Å². The van der Waals surface area contributed by atoms with Crippen molar-refractivity contribution >= 4 is 11.0 Å². The normalized spacial score (nSPS) is 12.9. The van der Waals surface area contributed by atoms with Gasteiger partial charge in [0.15, 0.2) is 0 Å². The largest absolute Gasteiger partial charge is 0.381 e. The van der Waals surface area contributed by atoms with E-state index in [-0.39, 0.29) is 6.04 Å². The van der Waals surface area contributed by atoms with Gasteiger partial charge in [0.1, 0.15) is 5.82 Å². The van der Waals surface area contributed by atoms with Crippen molar-refractivity contribution in [3.05, 3.63) is 30.1 Å². The molecule has 4 nitrogen and oxygen atoms in total. The van der Waals surface area contributed by atoms with Crippen molar-refractivity contribution in [2.24, 2.45) is 5.73 Å². The Morgan fingerprint density at radius 1 is 1.25 bits per heavy atom. The van der Waals surface area contributed by atoms with Crippen molar-refractivity contribution in [3.8, 4) is 0 Å². The summed E-state index contributed by atoms with van der Waals surface area (Å²) in [4.78, 5) is 4.71. The number of imidazole rings is 1. The van der Waals surface area contributed by atoms with E-state index in [0.29, 0.717) is 0 Å². The number of aryl methyl sites for hydroxylation is 1. The lowest BCUT2D eigenvalue weighted by Gasteiger charge is -2.12. The molecule has 0 saturated heterocycles. The first kappa shape index (κ1) is 15.0. The third kappa shape index (κ3) is 3.58. The predicted octanol–water partition coefficient (Wildman–Crippen LogP) is 2.74. The first-order valence-corrected chi connectivity index (χ1v) is 7.53. The van der Waals surface area contributed by atoms with Crippen LogP contribution in [-0.4, -0.2) is 28.8 Å². The second-order valence-corrected chi connectivity index (χ2v) is 5.13. The molecule has 1 atom stereocenters. The van der Waals surface area contributed by atoms with Crippen LogP contribution in [0.15, 0.2) is 24.3 Å². The van der Waals surface area contributed by atoms with Gasteiger partial charge < -0.3 is 15.0 Å². The maximum Gasteiger partial charge on any atom is 0.111 e. The highest BCUT2D eigenvalue weighted by Gasteiger charge is 2.12. The van der Waals surface area contributed by atoms with Gasteiger partial charge in [-0.15, -0.1) is 0 Å². The molecular weight excluding hydrogens is 250 g/mol. The minimum absolute atomic E-state index is 0.106. The summed E-state index contributed by atoms with van der Waals surface area (Å²) in [5, 5.41) is 0. The number of benzene rings is 1. The Bertz CT molecular complexity index is 536. The van der Waals surface area contributed by atoms with Crippen LogP contribution in [-0.2, 0) is 17.7 Å². The van der Waals surface area contributed by atoms with Crippen LogP contribution in [0.4, 0.5) is 0 Å². The first-order chi connectivity index (χ1) is 9.76. The van der Waals surface area contributed by atoms with E-state index in [9.17, 15) is 0 Å². The van der Waals surface area contributed by atoms with Gasteiger partial charge in [-0.05, 0) is 31.9 Å². The Kier molecular flexibility index (Phi) is 5.56. The van der Waals surface area contributed by atoms with Gasteiger partial charge in [-0.1, -0.05) is 19.1 Å². The quantitative estimate of drug-likeness (QED) is 0.754. The number of rotatable bonds is 8. The molecule has 0 fully saturated rings. The minimum atomic E-state index is 0.106. The third-order valence-electron chi connectivity index (χ3n) is 3.48. The van der Waals surface area contributed by atoms with Crippen molar-refractivity contribution in [2.75, 3.05) is 13.2 Å². The zero-order chi connectivity index (χ0) is 14.4. The van der Waals surface area contributed by atoms with Crippen LogP contribution in [0.25, 0.3) is 11.0 Å². The van der Waals surface area contributed by atoms with Gasteiger partial charge in [-0.3, -0.25) is 0 Å². The van der Waals surface area contributed by atoms with Gasteiger partial charge in [0.05, 0.1) is 11.0 Å². The topological polar surface area (TPSA) is 53.1 Å². The van der Waals surface area contributed by atoms with Crippen LogP contribution in [0.3, 0.4) is 0 Å². The zero-order valence-electron chi connectivity index (χ0n) is 12.5. The second kappa shape index (κ2) is 7.41. The van der Waals surface area contributed by atoms with E-state index in [2.05, 4.69) is 36.6 Å². The predicted molar refractivity (Wildman–Crippen MR) is 82.8 cm³/mol. The summed E-state index contributed by atoms with van der Waals surface area (Å²) in [5.74, 6) is 1.08. The highest BCUT2D eigenvalue weighted by molar-refractivity contribution is 5.75. The Balaban J connectivity index is 2.01. The summed E-state index contributed by atoms with van der Waals surface area (Å²) in [6.45, 7) is 6.74. The third-order valence-corrected chi connectivity index (χ3v) is 3.48. The van der Waals surface area contributed by atoms with E-state index in [0.717, 1.165) is 50.4 Å².